The van der Waals surface area contributed by atoms with Gasteiger partial charge in [0.15, 0.2) is 4.80 Å². The lowest BCUT2D eigenvalue weighted by molar-refractivity contribution is 0.0998. The number of nitrogens with zero attached hydrogens (tertiary/aromatic N) is 3. The fourth-order valence-corrected chi connectivity index (χ4v) is 5.94. The molecule has 0 aliphatic carbocycles. The zero-order valence-corrected chi connectivity index (χ0v) is 21.4. The van der Waals surface area contributed by atoms with Crippen molar-refractivity contribution in [2.24, 2.45) is 12.0 Å². The minimum Gasteiger partial charge on any atom is -0.495 e. The molecule has 1 heterocycles. The Kier molecular flexibility index (Phi) is 7.06. The van der Waals surface area contributed by atoms with E-state index in [-0.39, 0.29) is 17.0 Å². The lowest BCUT2D eigenvalue weighted by atomic mass is 10.2. The highest BCUT2D eigenvalue weighted by molar-refractivity contribution is 7.89. The van der Waals surface area contributed by atoms with Crippen LogP contribution in [-0.2, 0) is 23.6 Å². The van der Waals surface area contributed by atoms with Crippen molar-refractivity contribution in [2.45, 2.75) is 11.4 Å². The van der Waals surface area contributed by atoms with E-state index >= 15 is 0 Å². The Balaban J connectivity index is 1.62. The van der Waals surface area contributed by atoms with E-state index in [1.165, 1.54) is 47.0 Å². The molecule has 3 aromatic carbocycles. The number of carbonyl (C=O) groups is 1. The molecule has 0 saturated carbocycles. The van der Waals surface area contributed by atoms with Crippen molar-refractivity contribution >= 4 is 37.5 Å². The van der Waals surface area contributed by atoms with Gasteiger partial charge in [-0.3, -0.25) is 4.79 Å². The van der Waals surface area contributed by atoms with Crippen molar-refractivity contribution in [1.29, 1.82) is 0 Å². The van der Waals surface area contributed by atoms with Gasteiger partial charge in [-0.15, -0.1) is 0 Å². The van der Waals surface area contributed by atoms with E-state index in [9.17, 15) is 13.2 Å². The largest absolute Gasteiger partial charge is 0.495 e. The summed E-state index contributed by atoms with van der Waals surface area (Å²) in [7, 11) is 2.77. The summed E-state index contributed by atoms with van der Waals surface area (Å²) >= 11 is 1.31. The third kappa shape index (κ3) is 4.86. The predicted molar refractivity (Wildman–Crippen MR) is 135 cm³/mol. The summed E-state index contributed by atoms with van der Waals surface area (Å²) in [4.78, 5) is 17.7. The Morgan fingerprint density at radius 1 is 0.971 bits per heavy atom. The first-order chi connectivity index (χ1) is 16.8. The van der Waals surface area contributed by atoms with Gasteiger partial charge in [-0.25, -0.2) is 8.42 Å². The van der Waals surface area contributed by atoms with Crippen LogP contribution < -0.4 is 14.3 Å². The standard InChI is InChI=1S/C25H25N3O5S2/c1-27(16-17-8-6-5-7-9-17)35(30,31)19-12-10-18(11-13-19)24(29)26-25-28(2)22-20(32-3)14-15-21(33-4)23(22)34-25/h5-15H,16H2,1-4H3. The Bertz CT molecular complexity index is 1540. The molecule has 4 rings (SSSR count). The van der Waals surface area contributed by atoms with E-state index < -0.39 is 15.9 Å². The Hall–Kier alpha value is -3.47. The number of amides is 1. The number of sulfonamides is 1. The van der Waals surface area contributed by atoms with Crippen molar-refractivity contribution < 1.29 is 22.7 Å². The summed E-state index contributed by atoms with van der Waals surface area (Å²) in [5, 5.41) is 0. The molecule has 0 fully saturated rings. The summed E-state index contributed by atoms with van der Waals surface area (Å²) < 4.78 is 40.7. The van der Waals surface area contributed by atoms with Crippen LogP contribution in [0.25, 0.3) is 10.2 Å². The summed E-state index contributed by atoms with van der Waals surface area (Å²) in [5.41, 5.74) is 1.94. The van der Waals surface area contributed by atoms with Crippen molar-refractivity contribution in [3.05, 3.63) is 82.7 Å². The molecule has 0 aliphatic rings. The number of hydrogen-bond acceptors (Lipinski definition) is 6. The monoisotopic (exact) mass is 511 g/mol. The van der Waals surface area contributed by atoms with Gasteiger partial charge in [-0.1, -0.05) is 41.7 Å². The molecule has 4 aromatic rings. The Labute approximate surface area is 207 Å². The SMILES string of the molecule is COc1ccc(OC)c2c1sc(=NC(=O)c1ccc(S(=O)(=O)N(C)Cc3ccccc3)cc1)n2C. The van der Waals surface area contributed by atoms with Crippen LogP contribution in [0.2, 0.25) is 0 Å². The van der Waals surface area contributed by atoms with E-state index in [4.69, 9.17) is 9.47 Å². The van der Waals surface area contributed by atoms with E-state index in [1.54, 1.807) is 38.0 Å². The maximum atomic E-state index is 13.0. The third-order valence-electron chi connectivity index (χ3n) is 5.57. The molecule has 1 amide bonds. The van der Waals surface area contributed by atoms with Crippen molar-refractivity contribution in [3.63, 3.8) is 0 Å². The summed E-state index contributed by atoms with van der Waals surface area (Å²) in [5.74, 6) is 0.818. The fraction of sp³-hybridized carbons (Fsp3) is 0.200. The lowest BCUT2D eigenvalue weighted by Crippen LogP contribution is -2.26. The molecule has 8 nitrogen and oxygen atoms in total. The summed E-state index contributed by atoms with van der Waals surface area (Å²) in [6.45, 7) is 0.245. The van der Waals surface area contributed by atoms with Crippen LogP contribution in [0.15, 0.2) is 76.6 Å². The van der Waals surface area contributed by atoms with Crippen LogP contribution in [0.4, 0.5) is 0 Å². The molecule has 0 spiro atoms. The molecule has 0 N–H and O–H groups in total. The highest BCUT2D eigenvalue weighted by atomic mass is 32.2. The molecule has 10 heteroatoms. The number of aryl methyl sites for hydroxylation is 1. The molecule has 0 radical (unpaired) electrons. The van der Waals surface area contributed by atoms with Crippen LogP contribution in [0.1, 0.15) is 15.9 Å². The molecule has 182 valence electrons. The van der Waals surface area contributed by atoms with Gasteiger partial charge in [0.2, 0.25) is 10.0 Å². The maximum Gasteiger partial charge on any atom is 0.279 e. The summed E-state index contributed by atoms with van der Waals surface area (Å²) in [6, 6.07) is 18.8. The maximum absolute atomic E-state index is 13.0. The van der Waals surface area contributed by atoms with Crippen LogP contribution >= 0.6 is 11.3 Å². The number of hydrogen-bond donors (Lipinski definition) is 0. The number of benzene rings is 3. The number of aromatic nitrogens is 1. The minimum absolute atomic E-state index is 0.106. The first-order valence-corrected chi connectivity index (χ1v) is 12.9. The van der Waals surface area contributed by atoms with Gasteiger partial charge >= 0.3 is 0 Å². The second-order valence-electron chi connectivity index (χ2n) is 7.78. The molecule has 0 aliphatic heterocycles. The van der Waals surface area contributed by atoms with Crippen molar-refractivity contribution in [2.75, 3.05) is 21.3 Å². The van der Waals surface area contributed by atoms with Crippen molar-refractivity contribution in [1.82, 2.24) is 8.87 Å². The molecule has 1 aromatic heterocycles. The minimum atomic E-state index is -3.72. The second-order valence-corrected chi connectivity index (χ2v) is 10.8. The molecule has 35 heavy (non-hydrogen) atoms. The first-order valence-electron chi connectivity index (χ1n) is 10.7. The van der Waals surface area contributed by atoms with Gasteiger partial charge in [0.1, 0.15) is 21.7 Å². The zero-order chi connectivity index (χ0) is 25.2. The number of fused-ring (bicyclic) bond motifs is 1. The van der Waals surface area contributed by atoms with Crippen LogP contribution in [0.5, 0.6) is 11.5 Å². The van der Waals surface area contributed by atoms with Gasteiger partial charge in [0.05, 0.1) is 19.1 Å². The van der Waals surface area contributed by atoms with Gasteiger partial charge in [0.25, 0.3) is 5.91 Å². The van der Waals surface area contributed by atoms with E-state index in [0.717, 1.165) is 15.8 Å². The smallest absolute Gasteiger partial charge is 0.279 e. The van der Waals surface area contributed by atoms with E-state index in [1.807, 2.05) is 30.3 Å². The van der Waals surface area contributed by atoms with E-state index in [2.05, 4.69) is 4.99 Å². The predicted octanol–water partition coefficient (Wildman–Crippen LogP) is 3.82. The number of thiazole rings is 1. The highest BCUT2D eigenvalue weighted by Crippen LogP contribution is 2.34. The van der Waals surface area contributed by atoms with Gasteiger partial charge in [0, 0.05) is 26.2 Å². The molecular formula is C25H25N3O5S2. The van der Waals surface area contributed by atoms with Crippen LogP contribution in [0.3, 0.4) is 0 Å². The first kappa shape index (κ1) is 24.6. The number of methoxy groups -OCH3 is 2. The quantitative estimate of drug-likeness (QED) is 0.376. The van der Waals surface area contributed by atoms with Gasteiger partial charge in [-0.05, 0) is 42.0 Å². The third-order valence-corrected chi connectivity index (χ3v) is 8.53. The number of rotatable bonds is 7. The van der Waals surface area contributed by atoms with Crippen molar-refractivity contribution in [3.8, 4) is 11.5 Å². The average Bonchev–Trinajstić information content (AvgIpc) is 3.20. The van der Waals surface area contributed by atoms with Gasteiger partial charge in [-0.2, -0.15) is 9.30 Å². The highest BCUT2D eigenvalue weighted by Gasteiger charge is 2.21. The van der Waals surface area contributed by atoms with Gasteiger partial charge < -0.3 is 14.0 Å². The number of ether oxygens (including phenoxy) is 2. The molecular weight excluding hydrogens is 486 g/mol. The van der Waals surface area contributed by atoms with Crippen LogP contribution in [0, 0.1) is 0 Å². The molecule has 0 saturated heterocycles. The zero-order valence-electron chi connectivity index (χ0n) is 19.8. The van der Waals surface area contributed by atoms with Crippen LogP contribution in [-0.4, -0.2) is 44.5 Å². The Morgan fingerprint density at radius 3 is 2.23 bits per heavy atom. The average molecular weight is 512 g/mol. The second kappa shape index (κ2) is 10.0. The summed E-state index contributed by atoms with van der Waals surface area (Å²) in [6.07, 6.45) is 0. The normalized spacial score (nSPS) is 12.3. The molecule has 0 atom stereocenters. The lowest BCUT2D eigenvalue weighted by Gasteiger charge is -2.17. The topological polar surface area (TPSA) is 90.2 Å². The molecule has 0 bridgehead atoms. The molecule has 0 unspecified atom stereocenters. The van der Waals surface area contributed by atoms with E-state index in [0.29, 0.717) is 16.3 Å². The Morgan fingerprint density at radius 2 is 1.60 bits per heavy atom. The fourth-order valence-electron chi connectivity index (χ4n) is 3.66. The number of carbonyl (C=O) groups excluding carboxylic acids is 1.